The van der Waals surface area contributed by atoms with Crippen molar-refractivity contribution >= 4 is 0 Å². The van der Waals surface area contributed by atoms with Crippen LogP contribution < -0.4 is 16.8 Å². The van der Waals surface area contributed by atoms with Crippen LogP contribution in [-0.4, -0.2) is 74.8 Å². The van der Waals surface area contributed by atoms with E-state index in [-0.39, 0.29) is 6.17 Å². The van der Waals surface area contributed by atoms with E-state index in [2.05, 4.69) is 33.0 Å². The molecule has 0 aromatic heterocycles. The van der Waals surface area contributed by atoms with Crippen molar-refractivity contribution in [2.75, 3.05) is 45.9 Å². The van der Waals surface area contributed by atoms with Crippen molar-refractivity contribution in [2.45, 2.75) is 181 Å². The molecule has 0 bridgehead atoms. The Hall–Kier alpha value is -0.240. The maximum Gasteiger partial charge on any atom is 0.153 e. The lowest BCUT2D eigenvalue weighted by Crippen LogP contribution is -2.73. The van der Waals surface area contributed by atoms with E-state index in [4.69, 9.17) is 20.9 Å². The maximum atomic E-state index is 6.89. The normalized spacial score (nSPS) is 21.7. The summed E-state index contributed by atoms with van der Waals surface area (Å²) in [5.41, 5.74) is 12.9. The van der Waals surface area contributed by atoms with Gasteiger partial charge in [0, 0.05) is 13.0 Å². The van der Waals surface area contributed by atoms with Crippen LogP contribution in [0.15, 0.2) is 0 Å². The van der Waals surface area contributed by atoms with Gasteiger partial charge in [0.2, 0.25) is 0 Å². The second-order valence-corrected chi connectivity index (χ2v) is 13.3. The summed E-state index contributed by atoms with van der Waals surface area (Å²) in [5.74, 6) is 0. The Morgan fingerprint density at radius 1 is 0.707 bits per heavy atom. The number of rotatable bonds is 29. The van der Waals surface area contributed by atoms with Crippen molar-refractivity contribution in [3.8, 4) is 0 Å². The molecule has 6 nitrogen and oxygen atoms in total. The second kappa shape index (κ2) is 26.2. The van der Waals surface area contributed by atoms with Crippen molar-refractivity contribution in [2.24, 2.45) is 11.5 Å². The molecule has 5 N–H and O–H groups in total. The largest absolute Gasteiger partial charge is 0.373 e. The fourth-order valence-corrected chi connectivity index (χ4v) is 6.64. The minimum Gasteiger partial charge on any atom is -0.373 e. The van der Waals surface area contributed by atoms with Crippen LogP contribution in [0, 0.1) is 0 Å². The van der Waals surface area contributed by atoms with Crippen molar-refractivity contribution in [1.29, 1.82) is 0 Å². The van der Waals surface area contributed by atoms with Gasteiger partial charge < -0.3 is 25.0 Å². The third kappa shape index (κ3) is 18.2. The van der Waals surface area contributed by atoms with Gasteiger partial charge in [0.15, 0.2) is 6.17 Å². The van der Waals surface area contributed by atoms with Crippen LogP contribution in [0.3, 0.4) is 0 Å². The molecule has 41 heavy (non-hydrogen) atoms. The first-order valence-electron chi connectivity index (χ1n) is 18.3. The highest BCUT2D eigenvalue weighted by Gasteiger charge is 2.43. The van der Waals surface area contributed by atoms with Gasteiger partial charge in [-0.25, -0.2) is 0 Å². The summed E-state index contributed by atoms with van der Waals surface area (Å²) in [6.07, 6.45) is 26.9. The van der Waals surface area contributed by atoms with E-state index >= 15 is 0 Å². The number of ether oxygens (including phenoxy) is 2. The molecule has 0 saturated carbocycles. The summed E-state index contributed by atoms with van der Waals surface area (Å²) in [5, 5.41) is 3.53. The molecule has 1 aliphatic heterocycles. The molecule has 5 unspecified atom stereocenters. The third-order valence-electron chi connectivity index (χ3n) is 9.60. The molecule has 0 aromatic rings. The van der Waals surface area contributed by atoms with Gasteiger partial charge in [-0.1, -0.05) is 117 Å². The molecule has 0 aliphatic carbocycles. The zero-order chi connectivity index (χ0) is 30.0. The average molecular weight is 584 g/mol. The van der Waals surface area contributed by atoms with Gasteiger partial charge >= 0.3 is 0 Å². The number of piperazine rings is 1. The lowest BCUT2D eigenvalue weighted by molar-refractivity contribution is -0.976. The van der Waals surface area contributed by atoms with Crippen LogP contribution in [0.4, 0.5) is 0 Å². The first kappa shape index (κ1) is 38.8. The summed E-state index contributed by atoms with van der Waals surface area (Å²) in [4.78, 5) is 0. The zero-order valence-electron chi connectivity index (χ0n) is 28.3. The molecule has 0 amide bonds. The Balaban J connectivity index is 2.49. The quantitative estimate of drug-likeness (QED) is 0.0622. The van der Waals surface area contributed by atoms with E-state index in [0.717, 1.165) is 69.7 Å². The summed E-state index contributed by atoms with van der Waals surface area (Å²) in [7, 11) is 0. The van der Waals surface area contributed by atoms with E-state index in [1.54, 1.807) is 0 Å². The van der Waals surface area contributed by atoms with Gasteiger partial charge in [0.05, 0.1) is 38.5 Å². The molecule has 1 saturated heterocycles. The van der Waals surface area contributed by atoms with Crippen molar-refractivity contribution in [3.05, 3.63) is 0 Å². The van der Waals surface area contributed by atoms with Crippen LogP contribution in [0.5, 0.6) is 0 Å². The second-order valence-electron chi connectivity index (χ2n) is 13.3. The Labute approximate surface area is 257 Å². The molecular formula is C35H75N4O2+. The smallest absolute Gasteiger partial charge is 0.153 e. The highest BCUT2D eigenvalue weighted by atomic mass is 16.5. The third-order valence-corrected chi connectivity index (χ3v) is 9.60. The van der Waals surface area contributed by atoms with Crippen LogP contribution in [0.1, 0.15) is 156 Å². The molecule has 1 rings (SSSR count). The van der Waals surface area contributed by atoms with Crippen molar-refractivity contribution in [1.82, 2.24) is 5.32 Å². The lowest BCUT2D eigenvalue weighted by Gasteiger charge is -2.51. The number of nitrogens with zero attached hydrogens (tertiary/aromatic N) is 1. The fraction of sp³-hybridized carbons (Fsp3) is 1.00. The molecule has 1 heterocycles. The van der Waals surface area contributed by atoms with E-state index in [9.17, 15) is 0 Å². The number of unbranched alkanes of at least 4 members (excludes halogenated alkanes) is 14. The first-order valence-corrected chi connectivity index (χ1v) is 18.3. The molecule has 6 heteroatoms. The van der Waals surface area contributed by atoms with Crippen LogP contribution in [0.2, 0.25) is 0 Å². The molecule has 0 spiro atoms. The Kier molecular flexibility index (Phi) is 24.8. The molecule has 1 fully saturated rings. The summed E-state index contributed by atoms with van der Waals surface area (Å²) in [6.45, 7) is 15.3. The Morgan fingerprint density at radius 2 is 1.22 bits per heavy atom. The van der Waals surface area contributed by atoms with Gasteiger partial charge in [-0.3, -0.25) is 5.73 Å². The molecule has 0 radical (unpaired) electrons. The highest BCUT2D eigenvalue weighted by Crippen LogP contribution is 2.25. The monoisotopic (exact) mass is 584 g/mol. The van der Waals surface area contributed by atoms with Gasteiger partial charge in [0.25, 0.3) is 0 Å². The van der Waals surface area contributed by atoms with E-state index in [1.807, 2.05) is 0 Å². The van der Waals surface area contributed by atoms with Gasteiger partial charge in [0.1, 0.15) is 12.6 Å². The van der Waals surface area contributed by atoms with Crippen LogP contribution >= 0.6 is 0 Å². The molecule has 0 aromatic carbocycles. The Bertz CT molecular complexity index is 566. The Morgan fingerprint density at radius 3 is 1.73 bits per heavy atom. The standard InChI is InChI=1S/C35H75N4O2/c1-5-7-9-11-13-15-17-19-22-32(3)40-29-28-39(27-26-38-30-35(39)37)34(24-21-25-36)31-41-33(4)23-20-18-16-14-12-10-8-6-2/h32-35,38H,5-31,36-37H2,1-4H3/q+1. The highest BCUT2D eigenvalue weighted by molar-refractivity contribution is 4.73. The minimum absolute atomic E-state index is 0.0738. The topological polar surface area (TPSA) is 82.5 Å². The van der Waals surface area contributed by atoms with Crippen molar-refractivity contribution in [3.63, 3.8) is 0 Å². The molecule has 1 aliphatic rings. The van der Waals surface area contributed by atoms with Gasteiger partial charge in [-0.15, -0.1) is 0 Å². The predicted molar refractivity (Wildman–Crippen MR) is 178 cm³/mol. The van der Waals surface area contributed by atoms with Crippen LogP contribution in [0.25, 0.3) is 0 Å². The first-order chi connectivity index (χ1) is 20.0. The van der Waals surface area contributed by atoms with E-state index < -0.39 is 0 Å². The summed E-state index contributed by atoms with van der Waals surface area (Å²) in [6, 6.07) is 0.378. The summed E-state index contributed by atoms with van der Waals surface area (Å²) >= 11 is 0. The zero-order valence-corrected chi connectivity index (χ0v) is 28.3. The minimum atomic E-state index is 0.0738. The molecule has 5 atom stereocenters. The van der Waals surface area contributed by atoms with Gasteiger partial charge in [-0.05, 0) is 39.7 Å². The van der Waals surface area contributed by atoms with Gasteiger partial charge in [-0.2, -0.15) is 0 Å². The summed E-state index contributed by atoms with van der Waals surface area (Å²) < 4.78 is 13.9. The molecule has 246 valence electrons. The van der Waals surface area contributed by atoms with E-state index in [0.29, 0.717) is 18.2 Å². The maximum absolute atomic E-state index is 6.89. The predicted octanol–water partition coefficient (Wildman–Crippen LogP) is 7.67. The lowest BCUT2D eigenvalue weighted by atomic mass is 10.0. The number of hydrogen-bond acceptors (Lipinski definition) is 5. The number of hydrogen-bond donors (Lipinski definition) is 3. The van der Waals surface area contributed by atoms with Crippen molar-refractivity contribution < 1.29 is 14.0 Å². The number of quaternary nitrogens is 1. The average Bonchev–Trinajstić information content (AvgIpc) is 2.97. The number of nitrogens with one attached hydrogen (secondary N) is 1. The molecular weight excluding hydrogens is 508 g/mol. The van der Waals surface area contributed by atoms with Crippen LogP contribution in [-0.2, 0) is 9.47 Å². The SMILES string of the molecule is CCCCCCCCCCC(C)OCC[N+]1(C(CCCN)COC(C)CCCCCCCCCC)CCNCC1N. The number of nitrogens with two attached hydrogens (primary N) is 2. The fourth-order valence-electron chi connectivity index (χ4n) is 6.64. The van der Waals surface area contributed by atoms with E-state index in [1.165, 1.54) is 109 Å².